The molecule has 25 heavy (non-hydrogen) atoms. The largest absolute Gasteiger partial charge is 0.356 e. The summed E-state index contributed by atoms with van der Waals surface area (Å²) in [5.41, 5.74) is 4.24. The standard InChI is InChI=1S/C21H17N3O/c1-2-13-24-18-10-6-4-8-16(18)21(20(24)25)19-15(11-12-22-21)14-7-3-5-9-17(14)23-19/h1,3-10,22-23H,11-13H2. The Morgan fingerprint density at radius 2 is 1.96 bits per heavy atom. The molecule has 1 unspecified atom stereocenters. The fourth-order valence-corrected chi connectivity index (χ4v) is 4.36. The summed E-state index contributed by atoms with van der Waals surface area (Å²) in [6, 6.07) is 16.2. The molecule has 0 saturated carbocycles. The first kappa shape index (κ1) is 14.3. The molecule has 0 radical (unpaired) electrons. The molecule has 0 fully saturated rings. The van der Waals surface area contributed by atoms with E-state index in [1.807, 2.05) is 36.4 Å². The fraction of sp³-hybridized carbons (Fsp3) is 0.190. The first-order valence-corrected chi connectivity index (χ1v) is 8.47. The van der Waals surface area contributed by atoms with E-state index < -0.39 is 5.54 Å². The Bertz CT molecular complexity index is 1060. The highest BCUT2D eigenvalue weighted by Gasteiger charge is 2.54. The Kier molecular flexibility index (Phi) is 2.85. The van der Waals surface area contributed by atoms with E-state index in [0.717, 1.165) is 35.4 Å². The van der Waals surface area contributed by atoms with Crippen LogP contribution in [0.15, 0.2) is 48.5 Å². The molecule has 4 heteroatoms. The molecule has 3 aromatic rings. The van der Waals surface area contributed by atoms with Crippen molar-refractivity contribution in [2.45, 2.75) is 12.0 Å². The zero-order chi connectivity index (χ0) is 17.0. The number of aromatic amines is 1. The summed E-state index contributed by atoms with van der Waals surface area (Å²) < 4.78 is 0. The van der Waals surface area contributed by atoms with Crippen LogP contribution in [-0.2, 0) is 16.8 Å². The molecule has 0 bridgehead atoms. The van der Waals surface area contributed by atoms with E-state index >= 15 is 0 Å². The van der Waals surface area contributed by atoms with Gasteiger partial charge in [0.25, 0.3) is 5.91 Å². The molecule has 2 aromatic carbocycles. The van der Waals surface area contributed by atoms with E-state index in [-0.39, 0.29) is 12.5 Å². The summed E-state index contributed by atoms with van der Waals surface area (Å²) in [6.45, 7) is 1.02. The van der Waals surface area contributed by atoms with Gasteiger partial charge in [-0.25, -0.2) is 0 Å². The Hall–Kier alpha value is -3.03. The lowest BCUT2D eigenvalue weighted by molar-refractivity contribution is -0.123. The topological polar surface area (TPSA) is 48.1 Å². The number of anilines is 1. The highest BCUT2D eigenvalue weighted by Crippen LogP contribution is 2.47. The van der Waals surface area contributed by atoms with E-state index in [1.54, 1.807) is 4.90 Å². The number of carbonyl (C=O) groups is 1. The summed E-state index contributed by atoms with van der Waals surface area (Å²) in [6.07, 6.45) is 6.42. The van der Waals surface area contributed by atoms with Crippen LogP contribution < -0.4 is 10.2 Å². The van der Waals surface area contributed by atoms with Crippen molar-refractivity contribution in [2.24, 2.45) is 0 Å². The molecule has 1 atom stereocenters. The maximum absolute atomic E-state index is 13.5. The minimum Gasteiger partial charge on any atom is -0.356 e. The molecule has 2 N–H and O–H groups in total. The van der Waals surface area contributed by atoms with Gasteiger partial charge in [0.05, 0.1) is 17.9 Å². The fourth-order valence-electron chi connectivity index (χ4n) is 4.36. The molecule has 1 spiro atoms. The number of nitrogens with one attached hydrogen (secondary N) is 2. The maximum Gasteiger partial charge on any atom is 0.259 e. The number of fused-ring (bicyclic) bond motifs is 6. The third-order valence-electron chi connectivity index (χ3n) is 5.37. The van der Waals surface area contributed by atoms with E-state index in [4.69, 9.17) is 6.42 Å². The molecule has 0 aliphatic carbocycles. The van der Waals surface area contributed by atoms with Crippen LogP contribution in [0.4, 0.5) is 5.69 Å². The Morgan fingerprint density at radius 3 is 2.84 bits per heavy atom. The van der Waals surface area contributed by atoms with Gasteiger partial charge in [0.2, 0.25) is 0 Å². The lowest BCUT2D eigenvalue weighted by atomic mass is 9.82. The van der Waals surface area contributed by atoms with Crippen LogP contribution in [0.3, 0.4) is 0 Å². The second kappa shape index (κ2) is 4.98. The van der Waals surface area contributed by atoms with Gasteiger partial charge >= 0.3 is 0 Å². The number of hydrogen-bond acceptors (Lipinski definition) is 2. The van der Waals surface area contributed by atoms with Gasteiger partial charge in [0.15, 0.2) is 5.54 Å². The summed E-state index contributed by atoms with van der Waals surface area (Å²) in [5.74, 6) is 2.62. The van der Waals surface area contributed by atoms with Gasteiger partial charge in [-0.05, 0) is 24.1 Å². The van der Waals surface area contributed by atoms with Gasteiger partial charge < -0.3 is 4.98 Å². The Morgan fingerprint density at radius 1 is 1.16 bits per heavy atom. The highest BCUT2D eigenvalue weighted by molar-refractivity contribution is 6.11. The number of rotatable bonds is 1. The Labute approximate surface area is 145 Å². The zero-order valence-corrected chi connectivity index (χ0v) is 13.7. The quantitative estimate of drug-likeness (QED) is 0.675. The number of H-pyrrole nitrogens is 1. The molecule has 4 nitrogen and oxygen atoms in total. The smallest absolute Gasteiger partial charge is 0.259 e. The van der Waals surface area contributed by atoms with Gasteiger partial charge in [-0.1, -0.05) is 42.3 Å². The lowest BCUT2D eigenvalue weighted by Gasteiger charge is -2.34. The molecule has 122 valence electrons. The molecule has 2 aliphatic heterocycles. The van der Waals surface area contributed by atoms with Crippen molar-refractivity contribution in [3.05, 3.63) is 65.4 Å². The van der Waals surface area contributed by atoms with Gasteiger partial charge in [0.1, 0.15) is 0 Å². The van der Waals surface area contributed by atoms with E-state index in [0.29, 0.717) is 0 Å². The van der Waals surface area contributed by atoms with E-state index in [2.05, 4.69) is 28.4 Å². The Balaban J connectivity index is 1.84. The molecule has 1 amide bonds. The summed E-state index contributed by atoms with van der Waals surface area (Å²) >= 11 is 0. The molecular weight excluding hydrogens is 310 g/mol. The number of benzene rings is 2. The first-order valence-electron chi connectivity index (χ1n) is 8.47. The average Bonchev–Trinajstić information content (AvgIpc) is 3.14. The molecule has 2 aliphatic rings. The van der Waals surface area contributed by atoms with Crippen molar-refractivity contribution >= 4 is 22.5 Å². The van der Waals surface area contributed by atoms with Crippen LogP contribution in [0, 0.1) is 12.3 Å². The molecule has 3 heterocycles. The van der Waals surface area contributed by atoms with Gasteiger partial charge in [-0.2, -0.15) is 0 Å². The third kappa shape index (κ3) is 1.68. The summed E-state index contributed by atoms with van der Waals surface area (Å²) in [4.78, 5) is 18.7. The van der Waals surface area contributed by atoms with Crippen LogP contribution in [0.1, 0.15) is 16.8 Å². The number of hydrogen-bond donors (Lipinski definition) is 2. The average molecular weight is 327 g/mol. The molecule has 1 aromatic heterocycles. The van der Waals surface area contributed by atoms with Crippen molar-refractivity contribution < 1.29 is 4.79 Å². The third-order valence-corrected chi connectivity index (χ3v) is 5.37. The lowest BCUT2D eigenvalue weighted by Crippen LogP contribution is -2.55. The number of aromatic nitrogens is 1. The monoisotopic (exact) mass is 327 g/mol. The van der Waals surface area contributed by atoms with Crippen LogP contribution in [-0.4, -0.2) is 24.0 Å². The zero-order valence-electron chi connectivity index (χ0n) is 13.7. The summed E-state index contributed by atoms with van der Waals surface area (Å²) in [5, 5.41) is 4.71. The number of nitrogens with zero attached hydrogens (tertiary/aromatic N) is 1. The summed E-state index contributed by atoms with van der Waals surface area (Å²) in [7, 11) is 0. The molecular formula is C21H17N3O. The molecule has 5 rings (SSSR count). The predicted molar refractivity (Wildman–Crippen MR) is 98.4 cm³/mol. The van der Waals surface area contributed by atoms with Crippen molar-refractivity contribution in [1.82, 2.24) is 10.3 Å². The second-order valence-electron chi connectivity index (χ2n) is 6.56. The van der Waals surface area contributed by atoms with Crippen molar-refractivity contribution in [2.75, 3.05) is 18.0 Å². The number of carbonyl (C=O) groups excluding carboxylic acids is 1. The SMILES string of the molecule is C#CCN1C(=O)C2(NCCc3c2[nH]c2ccccc32)c2ccccc21. The maximum atomic E-state index is 13.5. The van der Waals surface area contributed by atoms with Gasteiger partial charge in [0, 0.05) is 23.0 Å². The minimum absolute atomic E-state index is 0.000781. The molecule has 0 saturated heterocycles. The van der Waals surface area contributed by atoms with Crippen molar-refractivity contribution in [3.63, 3.8) is 0 Å². The van der Waals surface area contributed by atoms with Crippen LogP contribution in [0.5, 0.6) is 0 Å². The van der Waals surface area contributed by atoms with Crippen LogP contribution in [0.25, 0.3) is 10.9 Å². The number of terminal acetylenes is 1. The van der Waals surface area contributed by atoms with E-state index in [9.17, 15) is 4.79 Å². The minimum atomic E-state index is -0.875. The second-order valence-corrected chi connectivity index (χ2v) is 6.56. The van der Waals surface area contributed by atoms with Crippen LogP contribution in [0.2, 0.25) is 0 Å². The van der Waals surface area contributed by atoms with Gasteiger partial charge in [-0.3, -0.25) is 15.0 Å². The normalized spacial score (nSPS) is 21.4. The highest BCUT2D eigenvalue weighted by atomic mass is 16.2. The predicted octanol–water partition coefficient (Wildman–Crippen LogP) is 2.54. The number of para-hydroxylation sites is 2. The first-order chi connectivity index (χ1) is 12.3. The van der Waals surface area contributed by atoms with Crippen molar-refractivity contribution in [1.29, 1.82) is 0 Å². The van der Waals surface area contributed by atoms with Crippen LogP contribution >= 0.6 is 0 Å². The van der Waals surface area contributed by atoms with E-state index in [1.165, 1.54) is 10.9 Å². The van der Waals surface area contributed by atoms with Gasteiger partial charge in [-0.15, -0.1) is 6.42 Å². The van der Waals surface area contributed by atoms with Crippen molar-refractivity contribution in [3.8, 4) is 12.3 Å². The number of amides is 1.